The molecule has 2 atom stereocenters. The van der Waals surface area contributed by atoms with Gasteiger partial charge in [0.1, 0.15) is 22.6 Å². The average Bonchev–Trinajstić information content (AvgIpc) is 3.35. The molecule has 5 rings (SSSR count). The zero-order valence-electron chi connectivity index (χ0n) is 23.7. The van der Waals surface area contributed by atoms with Gasteiger partial charge in [0.25, 0.3) is 5.91 Å². The van der Waals surface area contributed by atoms with Crippen LogP contribution in [0.25, 0.3) is 0 Å². The first-order valence-corrected chi connectivity index (χ1v) is 15.6. The molecule has 5 N–H and O–H groups in total. The largest absolute Gasteiger partial charge is 0.490 e. The molecular weight excluding hydrogens is 542 g/mol. The van der Waals surface area contributed by atoms with E-state index in [1.54, 1.807) is 26.0 Å². The van der Waals surface area contributed by atoms with Crippen LogP contribution in [-0.2, 0) is 22.0 Å². The number of anilines is 2. The number of carbonyl (C=O) groups excluding carboxylic acids is 1. The number of aromatic nitrogens is 2. The molecule has 0 saturated carbocycles. The van der Waals surface area contributed by atoms with E-state index < -0.39 is 10.8 Å². The number of nitrogens with zero attached hydrogens (tertiary/aromatic N) is 3. The van der Waals surface area contributed by atoms with Crippen LogP contribution < -0.4 is 26.0 Å². The number of fused-ring (bicyclic) bond motifs is 1. The second kappa shape index (κ2) is 13.0. The molecule has 2 unspecified atom stereocenters. The number of nitrogens with two attached hydrogens (primary N) is 1. The fourth-order valence-corrected chi connectivity index (χ4v) is 6.76. The summed E-state index contributed by atoms with van der Waals surface area (Å²) >= 11 is 0. The monoisotopic (exact) mass is 581 g/mol. The molecule has 0 radical (unpaired) electrons. The summed E-state index contributed by atoms with van der Waals surface area (Å²) < 4.78 is 24.4. The summed E-state index contributed by atoms with van der Waals surface area (Å²) in [5, 5.41) is 13.9. The van der Waals surface area contributed by atoms with Gasteiger partial charge in [0.05, 0.1) is 22.5 Å². The molecule has 1 amide bonds. The van der Waals surface area contributed by atoms with Crippen LogP contribution in [0.4, 0.5) is 11.8 Å². The number of hydrogen-bond acceptors (Lipinski definition) is 10. The van der Waals surface area contributed by atoms with Gasteiger partial charge in [-0.1, -0.05) is 0 Å². The summed E-state index contributed by atoms with van der Waals surface area (Å²) in [6, 6.07) is 7.00. The zero-order valence-corrected chi connectivity index (χ0v) is 24.5. The molecule has 0 bridgehead atoms. The van der Waals surface area contributed by atoms with Gasteiger partial charge in [0, 0.05) is 80.4 Å². The summed E-state index contributed by atoms with van der Waals surface area (Å²) in [7, 11) is -1.07. The Morgan fingerprint density at radius 3 is 2.56 bits per heavy atom. The van der Waals surface area contributed by atoms with Gasteiger partial charge >= 0.3 is 0 Å². The summed E-state index contributed by atoms with van der Waals surface area (Å²) in [4.78, 5) is 25.3. The zero-order chi connectivity index (χ0) is 28.9. The molecule has 12 heteroatoms. The molecule has 2 aromatic rings. The van der Waals surface area contributed by atoms with Gasteiger partial charge < -0.3 is 36.2 Å². The van der Waals surface area contributed by atoms with Crippen molar-refractivity contribution in [3.8, 4) is 5.75 Å². The third-order valence-corrected chi connectivity index (χ3v) is 9.27. The topological polar surface area (TPSA) is 156 Å². The second-order valence-corrected chi connectivity index (χ2v) is 12.3. The highest BCUT2D eigenvalue weighted by Gasteiger charge is 2.30. The number of hydrogen-bond donors (Lipinski definition) is 4. The quantitative estimate of drug-likeness (QED) is 0.327. The first-order valence-electron chi connectivity index (χ1n) is 14.2. The molecule has 11 nitrogen and oxygen atoms in total. The van der Waals surface area contributed by atoms with Crippen molar-refractivity contribution in [2.75, 3.05) is 42.3 Å². The van der Waals surface area contributed by atoms with Gasteiger partial charge in [0.2, 0.25) is 5.95 Å². The van der Waals surface area contributed by atoms with Crippen molar-refractivity contribution >= 4 is 34.7 Å². The van der Waals surface area contributed by atoms with Gasteiger partial charge in [0.15, 0.2) is 0 Å². The maximum atomic E-state index is 12.7. The van der Waals surface area contributed by atoms with Crippen LogP contribution in [0.1, 0.15) is 55.6 Å². The number of rotatable bonds is 9. The third-order valence-electron chi connectivity index (χ3n) is 7.81. The molecule has 1 aromatic carbocycles. The van der Waals surface area contributed by atoms with Crippen molar-refractivity contribution in [3.05, 3.63) is 46.8 Å². The van der Waals surface area contributed by atoms with Gasteiger partial charge in [-0.05, 0) is 51.0 Å². The highest BCUT2D eigenvalue weighted by molar-refractivity contribution is 7.85. The van der Waals surface area contributed by atoms with Crippen LogP contribution in [0, 0.1) is 5.41 Å². The number of aryl methyl sites for hydroxylation is 1. The molecular formula is C29H39N7O4S. The summed E-state index contributed by atoms with van der Waals surface area (Å²) in [5.74, 6) is 2.48. The lowest BCUT2D eigenvalue weighted by atomic mass is 10.1. The standard InChI is InChI=1S/C29H39N7O4S/c1-18(31)24(17-30)19(2)32-28(37)20-3-5-22(6-4-20)40-23-7-12-36(13-8-23)29-34-25-11-16-41(38)26(25)27(35-29)33-21-9-14-39-15-10-21/h3-6,17,19,21,23,30H,7-16,31H2,1-2H3,(H,32,37)(H,33,34,35). The number of ether oxygens (including phenoxy) is 2. The van der Waals surface area contributed by atoms with Crippen molar-refractivity contribution in [2.24, 2.45) is 5.73 Å². The Morgan fingerprint density at radius 2 is 1.90 bits per heavy atom. The highest BCUT2D eigenvalue weighted by Crippen LogP contribution is 2.32. The fourth-order valence-electron chi connectivity index (χ4n) is 5.45. The first-order chi connectivity index (χ1) is 19.8. The summed E-state index contributed by atoms with van der Waals surface area (Å²) in [5.41, 5.74) is 8.31. The van der Waals surface area contributed by atoms with Crippen molar-refractivity contribution in [1.29, 1.82) is 5.41 Å². The van der Waals surface area contributed by atoms with Gasteiger partial charge in [-0.2, -0.15) is 4.98 Å². The van der Waals surface area contributed by atoms with Crippen LogP contribution in [0.2, 0.25) is 0 Å². The number of piperidine rings is 1. The van der Waals surface area contributed by atoms with E-state index in [1.165, 1.54) is 6.21 Å². The fraction of sp³-hybridized carbons (Fsp3) is 0.517. The van der Waals surface area contributed by atoms with Crippen LogP contribution in [0.5, 0.6) is 5.75 Å². The molecule has 1 aromatic heterocycles. The van der Waals surface area contributed by atoms with Crippen molar-refractivity contribution in [3.63, 3.8) is 0 Å². The number of carbonyl (C=O) groups is 1. The van der Waals surface area contributed by atoms with E-state index in [4.69, 9.17) is 30.6 Å². The maximum Gasteiger partial charge on any atom is 0.251 e. The van der Waals surface area contributed by atoms with Crippen molar-refractivity contribution in [2.45, 2.75) is 69.0 Å². The molecule has 0 spiro atoms. The van der Waals surface area contributed by atoms with Crippen LogP contribution in [0.3, 0.4) is 0 Å². The van der Waals surface area contributed by atoms with E-state index in [1.807, 2.05) is 12.1 Å². The molecule has 2 saturated heterocycles. The van der Waals surface area contributed by atoms with E-state index in [2.05, 4.69) is 15.5 Å². The van der Waals surface area contributed by atoms with Gasteiger partial charge in [-0.3, -0.25) is 9.00 Å². The second-order valence-electron chi connectivity index (χ2n) is 10.8. The number of nitrogens with one attached hydrogen (secondary N) is 3. The Hall–Kier alpha value is -3.51. The normalized spacial score (nSPS) is 21.0. The van der Waals surface area contributed by atoms with Gasteiger partial charge in [-0.15, -0.1) is 0 Å². The molecule has 220 valence electrons. The number of allylic oxidation sites excluding steroid dienone is 1. The van der Waals surface area contributed by atoms with Crippen LogP contribution >= 0.6 is 0 Å². The Kier molecular flexibility index (Phi) is 9.19. The predicted octanol–water partition coefficient (Wildman–Crippen LogP) is 2.78. The van der Waals surface area contributed by atoms with Gasteiger partial charge in [-0.25, -0.2) is 4.98 Å². The minimum Gasteiger partial charge on any atom is -0.490 e. The summed E-state index contributed by atoms with van der Waals surface area (Å²) in [6.45, 7) is 6.47. The third kappa shape index (κ3) is 6.87. The Morgan fingerprint density at radius 1 is 1.20 bits per heavy atom. The van der Waals surface area contributed by atoms with Crippen molar-refractivity contribution < 1.29 is 18.5 Å². The van der Waals surface area contributed by atoms with E-state index in [-0.39, 0.29) is 24.1 Å². The number of benzene rings is 1. The Bertz CT molecular complexity index is 1320. The lowest BCUT2D eigenvalue weighted by Gasteiger charge is -2.33. The molecule has 3 aliphatic rings. The Labute approximate surface area is 243 Å². The summed E-state index contributed by atoms with van der Waals surface area (Å²) in [6.07, 6.45) is 5.36. The lowest BCUT2D eigenvalue weighted by molar-refractivity contribution is 0.0903. The van der Waals surface area contributed by atoms with E-state index >= 15 is 0 Å². The molecule has 41 heavy (non-hydrogen) atoms. The molecule has 4 heterocycles. The molecule has 3 aliphatic heterocycles. The van der Waals surface area contributed by atoms with Crippen LogP contribution in [0.15, 0.2) is 40.4 Å². The highest BCUT2D eigenvalue weighted by atomic mass is 32.2. The lowest BCUT2D eigenvalue weighted by Crippen LogP contribution is -2.39. The average molecular weight is 582 g/mol. The minimum absolute atomic E-state index is 0.0422. The van der Waals surface area contributed by atoms with Crippen molar-refractivity contribution in [1.82, 2.24) is 15.3 Å². The SMILES string of the molecule is CC(N)=C(C=N)C(C)NC(=O)c1ccc(OC2CCN(c3nc4c(c(NC5CCOCC5)n3)S(=O)CC4)CC2)cc1. The Balaban J connectivity index is 1.17. The molecule has 2 fully saturated rings. The number of amides is 1. The van der Waals surface area contributed by atoms with E-state index in [0.717, 1.165) is 62.6 Å². The van der Waals surface area contributed by atoms with E-state index in [9.17, 15) is 9.00 Å². The smallest absolute Gasteiger partial charge is 0.251 e. The predicted molar refractivity (Wildman–Crippen MR) is 159 cm³/mol. The van der Waals surface area contributed by atoms with E-state index in [0.29, 0.717) is 46.5 Å². The molecule has 0 aliphatic carbocycles. The maximum absolute atomic E-state index is 12.7. The van der Waals surface area contributed by atoms with Crippen LogP contribution in [-0.4, -0.2) is 76.5 Å². The minimum atomic E-state index is -1.07. The first kappa shape index (κ1) is 29.0.